The van der Waals surface area contributed by atoms with E-state index in [2.05, 4.69) is 25.4 Å². The molecule has 0 fully saturated rings. The molecule has 0 saturated heterocycles. The van der Waals surface area contributed by atoms with Crippen molar-refractivity contribution < 1.29 is 9.36 Å². The molecule has 4 heteroatoms. The topological polar surface area (TPSA) is 33.3 Å². The summed E-state index contributed by atoms with van der Waals surface area (Å²) in [6, 6.07) is 12.9. The molecule has 0 saturated carbocycles. The van der Waals surface area contributed by atoms with Gasteiger partial charge in [0.2, 0.25) is 11.8 Å². The number of ketones is 1. The van der Waals surface area contributed by atoms with Gasteiger partial charge in [-0.1, -0.05) is 50.3 Å². The largest absolute Gasteiger partial charge is 0.758 e. The molecule has 1 aromatic heterocycles. The lowest BCUT2D eigenvalue weighted by molar-refractivity contribution is -0.691. The first-order valence-electron chi connectivity index (χ1n) is 8.50. The Kier molecular flexibility index (Phi) is 7.02. The van der Waals surface area contributed by atoms with Crippen molar-refractivity contribution in [3.63, 3.8) is 0 Å². The van der Waals surface area contributed by atoms with Crippen molar-refractivity contribution in [2.75, 3.05) is 6.54 Å². The summed E-state index contributed by atoms with van der Waals surface area (Å²) >= 11 is 5.43. The van der Waals surface area contributed by atoms with Crippen LogP contribution in [0.25, 0.3) is 0 Å². The number of aliphatic imine (C=N–C) groups is 1. The van der Waals surface area contributed by atoms with Gasteiger partial charge in [0.25, 0.3) is 0 Å². The van der Waals surface area contributed by atoms with Gasteiger partial charge in [0.1, 0.15) is 0 Å². The van der Waals surface area contributed by atoms with E-state index in [0.717, 1.165) is 6.42 Å². The van der Waals surface area contributed by atoms with Gasteiger partial charge in [0, 0.05) is 17.7 Å². The molecule has 3 nitrogen and oxygen atoms in total. The summed E-state index contributed by atoms with van der Waals surface area (Å²) in [4.78, 5) is 17.4. The van der Waals surface area contributed by atoms with E-state index in [0.29, 0.717) is 23.1 Å². The highest BCUT2D eigenvalue weighted by atomic mass is 32.1. The van der Waals surface area contributed by atoms with E-state index in [-0.39, 0.29) is 5.78 Å². The maximum atomic E-state index is 13.1. The SMILES string of the molecule is C=CCN=C([S-])[C@H](C(=O)c1ccc([C@H](C)CC)cc1)[n+]1ccccc1. The van der Waals surface area contributed by atoms with E-state index in [9.17, 15) is 4.79 Å². The van der Waals surface area contributed by atoms with Gasteiger partial charge in [0.15, 0.2) is 12.4 Å². The number of carbonyl (C=O) groups excluding carboxylic acids is 1. The van der Waals surface area contributed by atoms with Crippen LogP contribution in [0.4, 0.5) is 0 Å². The fourth-order valence-corrected chi connectivity index (χ4v) is 2.87. The summed E-state index contributed by atoms with van der Waals surface area (Å²) in [7, 11) is 0. The normalized spacial score (nSPS) is 13.9. The van der Waals surface area contributed by atoms with E-state index in [1.54, 1.807) is 10.6 Å². The molecule has 0 radical (unpaired) electrons. The predicted molar refractivity (Wildman–Crippen MR) is 105 cm³/mol. The summed E-state index contributed by atoms with van der Waals surface area (Å²) < 4.78 is 1.81. The summed E-state index contributed by atoms with van der Waals surface area (Å²) in [6.07, 6.45) is 6.42. The third-order valence-corrected chi connectivity index (χ3v) is 4.62. The molecule has 2 rings (SSSR count). The Hall–Kier alpha value is -2.33. The number of rotatable bonds is 8. The quantitative estimate of drug-likeness (QED) is 0.179. The monoisotopic (exact) mass is 352 g/mol. The maximum Gasteiger partial charge on any atom is 0.237 e. The van der Waals surface area contributed by atoms with Gasteiger partial charge in [0.05, 0.1) is 6.54 Å². The average molecular weight is 353 g/mol. The van der Waals surface area contributed by atoms with Crippen LogP contribution >= 0.6 is 0 Å². The lowest BCUT2D eigenvalue weighted by Gasteiger charge is -2.18. The predicted octanol–water partition coefficient (Wildman–Crippen LogP) is 4.04. The highest BCUT2D eigenvalue weighted by Gasteiger charge is 2.28. The second kappa shape index (κ2) is 9.23. The van der Waals surface area contributed by atoms with Crippen LogP contribution in [0.3, 0.4) is 0 Å². The van der Waals surface area contributed by atoms with E-state index in [1.807, 2.05) is 54.9 Å². The standard InChI is InChI=1S/C21H24N2OS/c1-4-13-22-21(25)19(23-14-7-6-8-15-23)20(24)18-11-9-17(10-12-18)16(3)5-2/h4,6-12,14-16,19H,1,5,13H2,2-3H3/t16-,19+/m1/s1. The lowest BCUT2D eigenvalue weighted by atomic mass is 9.95. The zero-order chi connectivity index (χ0) is 18.2. The number of Topliss-reactive ketones (excluding diaryl/α,β-unsaturated/α-hetero) is 1. The molecule has 0 aliphatic rings. The first-order valence-corrected chi connectivity index (χ1v) is 8.91. The molecule has 0 aliphatic carbocycles. The van der Waals surface area contributed by atoms with Gasteiger partial charge >= 0.3 is 0 Å². The van der Waals surface area contributed by atoms with Gasteiger partial charge in [-0.25, -0.2) is 0 Å². The highest BCUT2D eigenvalue weighted by Crippen LogP contribution is 2.20. The van der Waals surface area contributed by atoms with Crippen molar-refractivity contribution >= 4 is 23.5 Å². The van der Waals surface area contributed by atoms with Crippen LogP contribution in [-0.2, 0) is 12.6 Å². The highest BCUT2D eigenvalue weighted by molar-refractivity contribution is 7.77. The molecule has 25 heavy (non-hydrogen) atoms. The van der Waals surface area contributed by atoms with Crippen molar-refractivity contribution in [3.8, 4) is 0 Å². The first kappa shape index (κ1) is 19.0. The summed E-state index contributed by atoms with van der Waals surface area (Å²) in [5.74, 6) is 0.428. The second-order valence-electron chi connectivity index (χ2n) is 5.99. The van der Waals surface area contributed by atoms with Crippen LogP contribution in [-0.4, -0.2) is 17.4 Å². The van der Waals surface area contributed by atoms with Crippen LogP contribution < -0.4 is 4.57 Å². The van der Waals surface area contributed by atoms with Crippen molar-refractivity contribution in [2.24, 2.45) is 4.99 Å². The number of hydrogen-bond donors (Lipinski definition) is 0. The summed E-state index contributed by atoms with van der Waals surface area (Å²) in [6.45, 7) is 8.40. The Bertz CT molecular complexity index is 738. The molecule has 2 atom stereocenters. The van der Waals surface area contributed by atoms with Gasteiger partial charge in [-0.2, -0.15) is 4.57 Å². The smallest absolute Gasteiger partial charge is 0.237 e. The molecule has 1 heterocycles. The maximum absolute atomic E-state index is 13.1. The van der Waals surface area contributed by atoms with Gasteiger partial charge in [-0.05, 0) is 22.9 Å². The van der Waals surface area contributed by atoms with Crippen LogP contribution in [0.2, 0.25) is 0 Å². The molecular weight excluding hydrogens is 328 g/mol. The third-order valence-electron chi connectivity index (χ3n) is 4.27. The molecule has 0 spiro atoms. The molecule has 0 unspecified atom stereocenters. The number of nitrogens with zero attached hydrogens (tertiary/aromatic N) is 2. The van der Waals surface area contributed by atoms with E-state index >= 15 is 0 Å². The van der Waals surface area contributed by atoms with Gasteiger partial charge in [-0.15, -0.1) is 6.58 Å². The lowest BCUT2D eigenvalue weighted by Crippen LogP contribution is -2.47. The minimum atomic E-state index is -0.620. The first-order chi connectivity index (χ1) is 12.1. The van der Waals surface area contributed by atoms with Crippen LogP contribution in [0, 0.1) is 0 Å². The fourth-order valence-electron chi connectivity index (χ4n) is 2.57. The zero-order valence-electron chi connectivity index (χ0n) is 14.8. The van der Waals surface area contributed by atoms with Crippen molar-refractivity contribution in [2.45, 2.75) is 32.2 Å². The van der Waals surface area contributed by atoms with E-state index in [4.69, 9.17) is 12.6 Å². The Morgan fingerprint density at radius 1 is 1.24 bits per heavy atom. The fraction of sp³-hybridized carbons (Fsp3) is 0.286. The Labute approximate surface area is 155 Å². The Morgan fingerprint density at radius 2 is 1.88 bits per heavy atom. The molecule has 0 aliphatic heterocycles. The Morgan fingerprint density at radius 3 is 2.44 bits per heavy atom. The summed E-state index contributed by atoms with van der Waals surface area (Å²) in [5.41, 5.74) is 1.88. The van der Waals surface area contributed by atoms with Crippen LogP contribution in [0.5, 0.6) is 0 Å². The van der Waals surface area contributed by atoms with Gasteiger partial charge < -0.3 is 17.6 Å². The van der Waals surface area contributed by atoms with E-state index < -0.39 is 6.04 Å². The number of benzene rings is 1. The number of aromatic nitrogens is 1. The van der Waals surface area contributed by atoms with Crippen LogP contribution in [0.15, 0.2) is 72.5 Å². The number of carbonyl (C=O) groups is 1. The van der Waals surface area contributed by atoms with Gasteiger partial charge in [-0.3, -0.25) is 4.79 Å². The molecule has 130 valence electrons. The molecule has 0 amide bonds. The molecule has 0 N–H and O–H groups in total. The molecule has 2 aromatic rings. The summed E-state index contributed by atoms with van der Waals surface area (Å²) in [5, 5.41) is 0.368. The van der Waals surface area contributed by atoms with Crippen molar-refractivity contribution in [1.82, 2.24) is 0 Å². The molecule has 1 aromatic carbocycles. The van der Waals surface area contributed by atoms with Crippen molar-refractivity contribution in [3.05, 3.63) is 78.6 Å². The zero-order valence-corrected chi connectivity index (χ0v) is 15.6. The van der Waals surface area contributed by atoms with E-state index in [1.165, 1.54) is 5.56 Å². The average Bonchev–Trinajstić information content (AvgIpc) is 2.66. The van der Waals surface area contributed by atoms with Crippen molar-refractivity contribution in [1.29, 1.82) is 0 Å². The minimum Gasteiger partial charge on any atom is -0.758 e. The molecular formula is C21H24N2OS. The Balaban J connectivity index is 2.36. The minimum absolute atomic E-state index is 0.0512. The molecule has 0 bridgehead atoms. The third kappa shape index (κ3) is 4.83. The second-order valence-corrected chi connectivity index (χ2v) is 6.41. The number of hydrogen-bond acceptors (Lipinski definition) is 3. The van der Waals surface area contributed by atoms with Crippen LogP contribution in [0.1, 0.15) is 48.1 Å². The number of pyridine rings is 1.